The van der Waals surface area contributed by atoms with Gasteiger partial charge in [0.25, 0.3) is 5.91 Å². The van der Waals surface area contributed by atoms with Gasteiger partial charge in [-0.05, 0) is 61.7 Å². The van der Waals surface area contributed by atoms with Crippen molar-refractivity contribution in [1.82, 2.24) is 0 Å². The van der Waals surface area contributed by atoms with E-state index in [2.05, 4.69) is 5.32 Å². The van der Waals surface area contributed by atoms with Crippen LogP contribution in [0.15, 0.2) is 66.2 Å². The molecule has 3 aromatic carbocycles. The smallest absolute Gasteiger partial charge is 0.337 e. The highest BCUT2D eigenvalue weighted by molar-refractivity contribution is 6.10. The van der Waals surface area contributed by atoms with Gasteiger partial charge in [0.2, 0.25) is 0 Å². The topological polar surface area (TPSA) is 88.4 Å². The number of carbonyl (C=O) groups excluding carboxylic acids is 2. The van der Waals surface area contributed by atoms with Crippen LogP contribution in [0.4, 0.5) is 5.69 Å². The predicted octanol–water partition coefficient (Wildman–Crippen LogP) is 5.52. The van der Waals surface area contributed by atoms with E-state index >= 15 is 0 Å². The SMILES string of the molecule is COC(=O)c1ccc(COc2ccccc2/C=C(\C#N)C(=O)Nc2c(C)cc(C)cc2C)cc1. The molecule has 0 saturated heterocycles. The minimum Gasteiger partial charge on any atom is -0.488 e. The molecule has 1 amide bonds. The lowest BCUT2D eigenvalue weighted by Gasteiger charge is -2.13. The van der Waals surface area contributed by atoms with Gasteiger partial charge in [-0.3, -0.25) is 4.79 Å². The summed E-state index contributed by atoms with van der Waals surface area (Å²) in [6, 6.07) is 20.1. The number of para-hydroxylation sites is 1. The Labute approximate surface area is 199 Å². The number of nitriles is 1. The van der Waals surface area contributed by atoms with E-state index < -0.39 is 11.9 Å². The molecule has 0 aliphatic heterocycles. The minimum atomic E-state index is -0.481. The highest BCUT2D eigenvalue weighted by Crippen LogP contribution is 2.25. The average Bonchev–Trinajstić information content (AvgIpc) is 2.83. The summed E-state index contributed by atoms with van der Waals surface area (Å²) in [6.07, 6.45) is 1.52. The summed E-state index contributed by atoms with van der Waals surface area (Å²) < 4.78 is 10.7. The highest BCUT2D eigenvalue weighted by atomic mass is 16.5. The van der Waals surface area contributed by atoms with Crippen molar-refractivity contribution in [1.29, 1.82) is 5.26 Å². The lowest BCUT2D eigenvalue weighted by molar-refractivity contribution is -0.112. The fraction of sp³-hybridized carbons (Fsp3) is 0.179. The zero-order chi connectivity index (χ0) is 24.7. The standard InChI is InChI=1S/C28H26N2O4/c1-18-13-19(2)26(20(3)14-18)30-27(31)24(16-29)15-23-7-5-6-8-25(23)34-17-21-9-11-22(12-10-21)28(32)33-4/h5-15H,17H2,1-4H3,(H,30,31)/b24-15+. The molecule has 6 heteroatoms. The van der Waals surface area contributed by atoms with Crippen LogP contribution in [-0.4, -0.2) is 19.0 Å². The Morgan fingerprint density at radius 1 is 1.00 bits per heavy atom. The number of nitrogens with zero attached hydrogens (tertiary/aromatic N) is 1. The van der Waals surface area contributed by atoms with Gasteiger partial charge in [-0.1, -0.05) is 48.0 Å². The van der Waals surface area contributed by atoms with Crippen LogP contribution in [0.3, 0.4) is 0 Å². The second kappa shape index (κ2) is 11.0. The largest absolute Gasteiger partial charge is 0.488 e. The Morgan fingerprint density at radius 2 is 1.65 bits per heavy atom. The molecule has 0 fully saturated rings. The molecule has 0 heterocycles. The molecular formula is C28H26N2O4. The number of rotatable bonds is 7. The zero-order valence-electron chi connectivity index (χ0n) is 19.6. The van der Waals surface area contributed by atoms with Gasteiger partial charge in [0.05, 0.1) is 12.7 Å². The van der Waals surface area contributed by atoms with Gasteiger partial charge < -0.3 is 14.8 Å². The summed E-state index contributed by atoms with van der Waals surface area (Å²) in [7, 11) is 1.34. The van der Waals surface area contributed by atoms with Crippen molar-refractivity contribution in [3.8, 4) is 11.8 Å². The quantitative estimate of drug-likeness (QED) is 0.288. The van der Waals surface area contributed by atoms with E-state index in [9.17, 15) is 14.9 Å². The van der Waals surface area contributed by atoms with E-state index in [1.54, 1.807) is 36.4 Å². The molecule has 3 rings (SSSR count). The number of anilines is 1. The monoisotopic (exact) mass is 454 g/mol. The van der Waals surface area contributed by atoms with Crippen LogP contribution in [0.2, 0.25) is 0 Å². The number of esters is 1. The van der Waals surface area contributed by atoms with E-state index in [1.807, 2.05) is 51.1 Å². The first kappa shape index (κ1) is 24.3. The lowest BCUT2D eigenvalue weighted by atomic mass is 10.0. The Bertz CT molecular complexity index is 1260. The normalized spacial score (nSPS) is 10.9. The molecule has 0 unspecified atom stereocenters. The maximum atomic E-state index is 12.9. The van der Waals surface area contributed by atoms with Crippen molar-refractivity contribution in [3.05, 3.63) is 99.6 Å². The molecule has 0 radical (unpaired) electrons. The third kappa shape index (κ3) is 5.90. The molecule has 0 spiro atoms. The Balaban J connectivity index is 1.78. The average molecular weight is 455 g/mol. The molecule has 34 heavy (non-hydrogen) atoms. The molecular weight excluding hydrogens is 428 g/mol. The van der Waals surface area contributed by atoms with Crippen molar-refractivity contribution in [2.24, 2.45) is 0 Å². The number of aryl methyl sites for hydroxylation is 3. The molecule has 172 valence electrons. The molecule has 3 aromatic rings. The molecule has 0 bridgehead atoms. The Hall–Kier alpha value is -4.37. The van der Waals surface area contributed by atoms with Crippen LogP contribution in [0.5, 0.6) is 5.75 Å². The molecule has 0 atom stereocenters. The van der Waals surface area contributed by atoms with Crippen LogP contribution in [-0.2, 0) is 16.1 Å². The number of hydrogen-bond donors (Lipinski definition) is 1. The summed E-state index contributed by atoms with van der Waals surface area (Å²) in [5.74, 6) is -0.352. The fourth-order valence-corrected chi connectivity index (χ4v) is 3.61. The van der Waals surface area contributed by atoms with Crippen LogP contribution < -0.4 is 10.1 Å². The number of hydrogen-bond acceptors (Lipinski definition) is 5. The summed E-state index contributed by atoms with van der Waals surface area (Å²) in [5.41, 5.74) is 5.57. The van der Waals surface area contributed by atoms with Gasteiger partial charge in [-0.25, -0.2) is 4.79 Å². The van der Waals surface area contributed by atoms with E-state index in [1.165, 1.54) is 13.2 Å². The first-order valence-corrected chi connectivity index (χ1v) is 10.7. The molecule has 6 nitrogen and oxygen atoms in total. The summed E-state index contributed by atoms with van der Waals surface area (Å²) >= 11 is 0. The molecule has 0 saturated carbocycles. The van der Waals surface area contributed by atoms with Crippen LogP contribution in [0.1, 0.15) is 38.2 Å². The Morgan fingerprint density at radius 3 is 2.26 bits per heavy atom. The van der Waals surface area contributed by atoms with Gasteiger partial charge in [-0.15, -0.1) is 0 Å². The summed E-state index contributed by atoms with van der Waals surface area (Å²) in [6.45, 7) is 6.09. The van der Waals surface area contributed by atoms with Gasteiger partial charge in [-0.2, -0.15) is 5.26 Å². The third-order valence-electron chi connectivity index (χ3n) is 5.27. The second-order valence-corrected chi connectivity index (χ2v) is 7.91. The van der Waals surface area contributed by atoms with Crippen molar-refractivity contribution in [2.75, 3.05) is 12.4 Å². The second-order valence-electron chi connectivity index (χ2n) is 7.91. The highest BCUT2D eigenvalue weighted by Gasteiger charge is 2.14. The van der Waals surface area contributed by atoms with E-state index in [0.717, 1.165) is 22.3 Å². The van der Waals surface area contributed by atoms with Crippen molar-refractivity contribution in [3.63, 3.8) is 0 Å². The van der Waals surface area contributed by atoms with Crippen LogP contribution >= 0.6 is 0 Å². The van der Waals surface area contributed by atoms with Gasteiger partial charge in [0, 0.05) is 11.3 Å². The van der Waals surface area contributed by atoms with Gasteiger partial charge in [0.1, 0.15) is 24.0 Å². The maximum Gasteiger partial charge on any atom is 0.337 e. The molecule has 0 aromatic heterocycles. The summed E-state index contributed by atoms with van der Waals surface area (Å²) in [4.78, 5) is 24.4. The van der Waals surface area contributed by atoms with Gasteiger partial charge >= 0.3 is 5.97 Å². The molecule has 1 N–H and O–H groups in total. The molecule has 0 aliphatic carbocycles. The minimum absolute atomic E-state index is 0.0298. The number of ether oxygens (including phenoxy) is 2. The molecule has 0 aliphatic rings. The lowest BCUT2D eigenvalue weighted by Crippen LogP contribution is -2.15. The zero-order valence-corrected chi connectivity index (χ0v) is 19.6. The number of carbonyl (C=O) groups is 2. The van der Waals surface area contributed by atoms with Gasteiger partial charge in [0.15, 0.2) is 0 Å². The van der Waals surface area contributed by atoms with E-state index in [4.69, 9.17) is 9.47 Å². The number of amides is 1. The number of nitrogens with one attached hydrogen (secondary N) is 1. The number of methoxy groups -OCH3 is 1. The van der Waals surface area contributed by atoms with E-state index in [0.29, 0.717) is 22.6 Å². The predicted molar refractivity (Wildman–Crippen MR) is 131 cm³/mol. The third-order valence-corrected chi connectivity index (χ3v) is 5.27. The van der Waals surface area contributed by atoms with Crippen molar-refractivity contribution < 1.29 is 19.1 Å². The number of benzene rings is 3. The van der Waals surface area contributed by atoms with Crippen molar-refractivity contribution >= 4 is 23.6 Å². The van der Waals surface area contributed by atoms with Crippen LogP contribution in [0.25, 0.3) is 6.08 Å². The Kier molecular flexibility index (Phi) is 7.83. The first-order chi connectivity index (χ1) is 16.3. The van der Waals surface area contributed by atoms with Crippen molar-refractivity contribution in [2.45, 2.75) is 27.4 Å². The maximum absolute atomic E-state index is 12.9. The van der Waals surface area contributed by atoms with Crippen LogP contribution in [0, 0.1) is 32.1 Å². The summed E-state index contributed by atoms with van der Waals surface area (Å²) in [5, 5.41) is 12.5. The first-order valence-electron chi connectivity index (χ1n) is 10.7. The fourth-order valence-electron chi connectivity index (χ4n) is 3.61. The van der Waals surface area contributed by atoms with E-state index in [-0.39, 0.29) is 12.2 Å².